The van der Waals surface area contributed by atoms with Crippen LogP contribution in [0.25, 0.3) is 0 Å². The first kappa shape index (κ1) is 27.7. The lowest BCUT2D eigenvalue weighted by molar-refractivity contribution is -0.327. The molecule has 0 amide bonds. The lowest BCUT2D eigenvalue weighted by Gasteiger charge is -2.35. The Morgan fingerprint density at radius 2 is 0.949 bits per heavy atom. The third-order valence-electron chi connectivity index (χ3n) is 5.98. The van der Waals surface area contributed by atoms with E-state index in [4.69, 9.17) is 20.9 Å². The molecule has 0 saturated carbocycles. The average Bonchev–Trinajstić information content (AvgIpc) is 2.86. The molecule has 39 heavy (non-hydrogen) atoms. The van der Waals surface area contributed by atoms with Gasteiger partial charge in [-0.2, -0.15) is 22.0 Å². The van der Waals surface area contributed by atoms with Crippen molar-refractivity contribution in [2.24, 2.45) is 0 Å². The summed E-state index contributed by atoms with van der Waals surface area (Å²) in [5.41, 5.74) is 7.95. The van der Waals surface area contributed by atoms with Gasteiger partial charge in [0.05, 0.1) is 11.4 Å². The van der Waals surface area contributed by atoms with Crippen LogP contribution in [0.3, 0.4) is 0 Å². The first-order valence-electron chi connectivity index (χ1n) is 11.7. The van der Waals surface area contributed by atoms with Crippen LogP contribution in [0.5, 0.6) is 23.0 Å². The zero-order valence-corrected chi connectivity index (χ0v) is 20.4. The highest BCUT2D eigenvalue weighted by Crippen LogP contribution is 2.49. The Balaban J connectivity index is 1.64. The number of nitrogen functional groups attached to an aromatic ring is 2. The van der Waals surface area contributed by atoms with Gasteiger partial charge in [0.15, 0.2) is 5.67 Å². The van der Waals surface area contributed by atoms with Crippen LogP contribution in [-0.2, 0) is 12.8 Å². The van der Waals surface area contributed by atoms with Crippen molar-refractivity contribution >= 4 is 11.4 Å². The van der Waals surface area contributed by atoms with E-state index in [0.29, 0.717) is 0 Å². The van der Waals surface area contributed by atoms with Crippen molar-refractivity contribution in [3.63, 3.8) is 0 Å². The maximum atomic E-state index is 16.1. The van der Waals surface area contributed by atoms with E-state index in [1.807, 2.05) is 0 Å². The Bertz CT molecular complexity index is 1350. The molecule has 0 atom stereocenters. The molecule has 0 aromatic heterocycles. The van der Waals surface area contributed by atoms with Crippen LogP contribution >= 0.6 is 0 Å². The van der Waals surface area contributed by atoms with Gasteiger partial charge in [-0.3, -0.25) is 0 Å². The Kier molecular flexibility index (Phi) is 7.67. The van der Waals surface area contributed by atoms with Gasteiger partial charge in [0.1, 0.15) is 23.0 Å². The van der Waals surface area contributed by atoms with Crippen LogP contribution in [-0.4, -0.2) is 17.8 Å². The topological polar surface area (TPSA) is 70.5 Å². The summed E-state index contributed by atoms with van der Waals surface area (Å²) >= 11 is 0. The van der Waals surface area contributed by atoms with E-state index in [-0.39, 0.29) is 45.5 Å². The molecular formula is C29H24F6N2O2. The molecule has 0 bridgehead atoms. The highest BCUT2D eigenvalue weighted by molar-refractivity contribution is 5.54. The first-order chi connectivity index (χ1) is 18.4. The minimum Gasteiger partial charge on any atom is -0.455 e. The highest BCUT2D eigenvalue weighted by atomic mass is 19.4. The smallest absolute Gasteiger partial charge is 0.455 e. The second-order valence-corrected chi connectivity index (χ2v) is 8.97. The predicted octanol–water partition coefficient (Wildman–Crippen LogP) is 8.13. The fourth-order valence-corrected chi connectivity index (χ4v) is 4.02. The van der Waals surface area contributed by atoms with E-state index < -0.39 is 30.6 Å². The number of hydrogen-bond donors (Lipinski definition) is 2. The fourth-order valence-electron chi connectivity index (χ4n) is 4.02. The zero-order valence-electron chi connectivity index (χ0n) is 20.4. The second-order valence-electron chi connectivity index (χ2n) is 8.97. The van der Waals surface area contributed by atoms with Gasteiger partial charge in [0.2, 0.25) is 0 Å². The number of rotatable bonds is 9. The van der Waals surface area contributed by atoms with E-state index in [0.717, 1.165) is 0 Å². The Morgan fingerprint density at radius 1 is 0.538 bits per heavy atom. The van der Waals surface area contributed by atoms with Crippen molar-refractivity contribution in [3.8, 4) is 23.0 Å². The SMILES string of the molecule is Nc1ccccc1Oc1cccc(CC(F)(Cc2cccc(Oc3ccccc3N)c2)C(F)(F)C(F)(F)F)c1. The lowest BCUT2D eigenvalue weighted by atomic mass is 9.83. The van der Waals surface area contributed by atoms with Crippen LogP contribution in [0.15, 0.2) is 97.1 Å². The molecular weight excluding hydrogens is 522 g/mol. The van der Waals surface area contributed by atoms with Crippen molar-refractivity contribution in [2.75, 3.05) is 11.5 Å². The quantitative estimate of drug-likeness (QED) is 0.164. The normalized spacial score (nSPS) is 12.3. The van der Waals surface area contributed by atoms with Gasteiger partial charge in [-0.05, 0) is 59.7 Å². The number of halogens is 6. The summed E-state index contributed by atoms with van der Waals surface area (Å²) in [6.45, 7) is 0. The van der Waals surface area contributed by atoms with Gasteiger partial charge in [-0.15, -0.1) is 0 Å². The molecule has 0 saturated heterocycles. The maximum Gasteiger partial charge on any atom is 0.456 e. The minimum absolute atomic E-state index is 0.0962. The maximum absolute atomic E-state index is 16.1. The third kappa shape index (κ3) is 6.22. The molecule has 0 aliphatic heterocycles. The number of anilines is 2. The number of hydrogen-bond acceptors (Lipinski definition) is 4. The van der Waals surface area contributed by atoms with Gasteiger partial charge in [-0.25, -0.2) is 4.39 Å². The van der Waals surface area contributed by atoms with Crippen LogP contribution in [0.4, 0.5) is 37.7 Å². The standard InChI is InChI=1S/C29H24F6N2O2/c30-27(28(31,32)29(33,34)35,17-19-7-5-9-21(15-19)38-25-13-3-1-11-23(25)36)18-20-8-6-10-22(16-20)39-26-14-4-2-12-24(26)37/h1-16H,17-18,36-37H2. The molecule has 0 aliphatic rings. The number of benzene rings is 4. The van der Waals surface area contributed by atoms with Crippen LogP contribution in [0, 0.1) is 0 Å². The molecule has 4 N–H and O–H groups in total. The predicted molar refractivity (Wildman–Crippen MR) is 137 cm³/mol. The highest BCUT2D eigenvalue weighted by Gasteiger charge is 2.70. The number of para-hydroxylation sites is 4. The van der Waals surface area contributed by atoms with Crippen molar-refractivity contribution in [1.29, 1.82) is 0 Å². The molecule has 0 radical (unpaired) electrons. The second kappa shape index (κ2) is 10.8. The minimum atomic E-state index is -6.14. The van der Waals surface area contributed by atoms with E-state index in [2.05, 4.69) is 0 Å². The number of alkyl halides is 6. The van der Waals surface area contributed by atoms with Gasteiger partial charge >= 0.3 is 12.1 Å². The van der Waals surface area contributed by atoms with Crippen LogP contribution < -0.4 is 20.9 Å². The van der Waals surface area contributed by atoms with Crippen molar-refractivity contribution in [1.82, 2.24) is 0 Å². The van der Waals surface area contributed by atoms with Gasteiger partial charge < -0.3 is 20.9 Å². The van der Waals surface area contributed by atoms with E-state index in [1.165, 1.54) is 48.5 Å². The summed E-state index contributed by atoms with van der Waals surface area (Å²) in [4.78, 5) is 0. The van der Waals surface area contributed by atoms with E-state index in [9.17, 15) is 22.0 Å². The molecule has 204 valence electrons. The largest absolute Gasteiger partial charge is 0.456 e. The number of ether oxygens (including phenoxy) is 2. The summed E-state index contributed by atoms with van der Waals surface area (Å²) in [7, 11) is 0. The Morgan fingerprint density at radius 3 is 1.33 bits per heavy atom. The molecule has 4 aromatic carbocycles. The van der Waals surface area contributed by atoms with Gasteiger partial charge in [-0.1, -0.05) is 48.5 Å². The van der Waals surface area contributed by atoms with Crippen LogP contribution in [0.2, 0.25) is 0 Å². The van der Waals surface area contributed by atoms with Crippen molar-refractivity contribution in [3.05, 3.63) is 108 Å². The molecule has 0 unspecified atom stereocenters. The lowest BCUT2D eigenvalue weighted by Crippen LogP contribution is -2.56. The Labute approximate surface area is 220 Å². The summed E-state index contributed by atoms with van der Waals surface area (Å²) in [5.74, 6) is -4.99. The third-order valence-corrected chi connectivity index (χ3v) is 5.98. The van der Waals surface area contributed by atoms with E-state index in [1.54, 1.807) is 48.5 Å². The fraction of sp³-hybridized carbons (Fsp3) is 0.172. The Hall–Kier alpha value is -4.34. The van der Waals surface area contributed by atoms with E-state index >= 15 is 4.39 Å². The van der Waals surface area contributed by atoms with Gasteiger partial charge in [0.25, 0.3) is 0 Å². The van der Waals surface area contributed by atoms with Crippen molar-refractivity contribution in [2.45, 2.75) is 30.6 Å². The van der Waals surface area contributed by atoms with Crippen molar-refractivity contribution < 1.29 is 35.8 Å². The molecule has 4 nitrogen and oxygen atoms in total. The summed E-state index contributed by atoms with van der Waals surface area (Å²) in [6.07, 6.45) is -8.64. The van der Waals surface area contributed by atoms with Gasteiger partial charge in [0, 0.05) is 12.8 Å². The summed E-state index contributed by atoms with van der Waals surface area (Å²) in [5, 5.41) is 0. The van der Waals surface area contributed by atoms with Crippen LogP contribution in [0.1, 0.15) is 11.1 Å². The molecule has 0 spiro atoms. The molecule has 0 heterocycles. The zero-order chi connectivity index (χ0) is 28.3. The average molecular weight is 547 g/mol. The summed E-state index contributed by atoms with van der Waals surface area (Å²) in [6, 6.07) is 23.4. The molecule has 0 fully saturated rings. The number of nitrogens with two attached hydrogens (primary N) is 2. The first-order valence-corrected chi connectivity index (χ1v) is 11.7. The molecule has 10 heteroatoms. The molecule has 4 aromatic rings. The molecule has 4 rings (SSSR count). The summed E-state index contributed by atoms with van der Waals surface area (Å²) < 4.78 is 97.3. The molecule has 0 aliphatic carbocycles. The monoisotopic (exact) mass is 546 g/mol.